The van der Waals surface area contributed by atoms with E-state index in [1.54, 1.807) is 0 Å². The highest BCUT2D eigenvalue weighted by Gasteiger charge is 2.53. The molecule has 13 heteroatoms. The van der Waals surface area contributed by atoms with Gasteiger partial charge in [-0.05, 0) is 61.6 Å². The number of hydrogen-bond acceptors (Lipinski definition) is 7. The molecule has 10 nitrogen and oxygen atoms in total. The van der Waals surface area contributed by atoms with E-state index < -0.39 is 40.4 Å². The van der Waals surface area contributed by atoms with Crippen molar-refractivity contribution in [3.8, 4) is 0 Å². The van der Waals surface area contributed by atoms with Crippen molar-refractivity contribution in [2.45, 2.75) is 52.5 Å². The molecule has 3 fully saturated rings. The van der Waals surface area contributed by atoms with Crippen molar-refractivity contribution in [2.75, 3.05) is 13.7 Å². The number of esters is 1. The molecule has 0 radical (unpaired) electrons. The van der Waals surface area contributed by atoms with Gasteiger partial charge in [0, 0.05) is 19.2 Å². The Kier molecular flexibility index (Phi) is 9.18. The van der Waals surface area contributed by atoms with Gasteiger partial charge in [-0.1, -0.05) is 13.5 Å². The second-order valence-corrected chi connectivity index (χ2v) is 9.97. The summed E-state index contributed by atoms with van der Waals surface area (Å²) in [5.74, 6) is -4.55. The first-order chi connectivity index (χ1) is 18.5. The quantitative estimate of drug-likeness (QED) is 0.383. The molecule has 0 spiro atoms. The number of hydrogen-bond donors (Lipinski definition) is 3. The van der Waals surface area contributed by atoms with E-state index in [-0.39, 0.29) is 36.7 Å². The number of ether oxygens (including phenoxy) is 1. The number of methoxy groups -OCH3 is 1. The number of amides is 1. The van der Waals surface area contributed by atoms with Crippen LogP contribution in [0.3, 0.4) is 0 Å². The second-order valence-electron chi connectivity index (χ2n) is 9.97. The first kappa shape index (κ1) is 30.5. The molecular formula is C27H32F3N5O5. The minimum atomic E-state index is -1.36. The van der Waals surface area contributed by atoms with Crippen molar-refractivity contribution in [1.82, 2.24) is 19.9 Å². The molecule has 3 aliphatic rings. The molecule has 0 unspecified atom stereocenters. The molecule has 1 amide bonds. The molecule has 40 heavy (non-hydrogen) atoms. The van der Waals surface area contributed by atoms with E-state index in [0.717, 1.165) is 67.4 Å². The van der Waals surface area contributed by atoms with E-state index >= 15 is 0 Å². The molecule has 3 aliphatic carbocycles. The fraction of sp³-hybridized carbons (Fsp3) is 0.444. The van der Waals surface area contributed by atoms with Crippen LogP contribution in [0.25, 0.3) is 5.65 Å². The lowest BCUT2D eigenvalue weighted by Crippen LogP contribution is -2.50. The molecular weight excluding hydrogens is 531 g/mol. The highest BCUT2D eigenvalue weighted by atomic mass is 19.2. The van der Waals surface area contributed by atoms with Crippen molar-refractivity contribution in [3.63, 3.8) is 0 Å². The topological polar surface area (TPSA) is 149 Å². The molecule has 1 aromatic carbocycles. The number of aromatic nitrogens is 3. The maximum atomic E-state index is 13.9. The Balaban J connectivity index is 0.000000340. The van der Waals surface area contributed by atoms with Gasteiger partial charge in [0.05, 0.1) is 18.7 Å². The zero-order chi connectivity index (χ0) is 28.4. The number of rotatable bonds is 6. The maximum Gasteiger partial charge on any atom is 0.354 e. The van der Waals surface area contributed by atoms with E-state index in [0.29, 0.717) is 12.1 Å². The molecule has 2 heterocycles. The van der Waals surface area contributed by atoms with Gasteiger partial charge in [0.1, 0.15) is 5.69 Å². The number of carbonyl (C=O) groups is 3. The predicted octanol–water partition coefficient (Wildman–Crippen LogP) is 3.87. The summed E-state index contributed by atoms with van der Waals surface area (Å²) >= 11 is 0. The van der Waals surface area contributed by atoms with Gasteiger partial charge in [-0.25, -0.2) is 27.5 Å². The molecule has 3 saturated carbocycles. The van der Waals surface area contributed by atoms with Crippen molar-refractivity contribution < 1.29 is 37.4 Å². The lowest BCUT2D eigenvalue weighted by molar-refractivity contribution is -0.162. The zero-order valence-corrected chi connectivity index (χ0v) is 21.2. The number of aromatic carboxylic acids is 1. The average Bonchev–Trinajstić information content (AvgIpc) is 3.34. The van der Waals surface area contributed by atoms with E-state index in [1.807, 2.05) is 0 Å². The average molecular weight is 564 g/mol. The van der Waals surface area contributed by atoms with Gasteiger partial charge >= 0.3 is 11.9 Å². The lowest BCUT2D eigenvalue weighted by atomic mass is 9.53. The van der Waals surface area contributed by atoms with E-state index in [1.165, 1.54) is 13.2 Å². The van der Waals surface area contributed by atoms with Crippen LogP contribution >= 0.6 is 0 Å². The molecule has 3 aromatic rings. The molecule has 4 N–H and O–H groups in total. The summed E-state index contributed by atoms with van der Waals surface area (Å²) in [5.41, 5.74) is 4.43. The minimum absolute atomic E-state index is 0. The Labute approximate surface area is 228 Å². The van der Waals surface area contributed by atoms with E-state index in [9.17, 15) is 32.7 Å². The Morgan fingerprint density at radius 1 is 1.05 bits per heavy atom. The van der Waals surface area contributed by atoms with Crippen molar-refractivity contribution >= 4 is 23.5 Å². The third-order valence-corrected chi connectivity index (χ3v) is 7.74. The number of benzene rings is 1. The van der Waals surface area contributed by atoms with Crippen LogP contribution in [0.1, 0.15) is 72.5 Å². The summed E-state index contributed by atoms with van der Waals surface area (Å²) in [6.45, 7) is 0.621. The number of carboxylic acid groups (broad SMARTS) is 1. The molecule has 6 rings (SSSR count). The fourth-order valence-electron chi connectivity index (χ4n) is 5.28. The highest BCUT2D eigenvalue weighted by molar-refractivity contribution is 5.96. The monoisotopic (exact) mass is 563 g/mol. The first-order valence-corrected chi connectivity index (χ1v) is 12.3. The van der Waals surface area contributed by atoms with Crippen LogP contribution in [0.5, 0.6) is 0 Å². The molecule has 0 aliphatic heterocycles. The number of carbonyl (C=O) groups excluding carboxylic acids is 2. The third-order valence-electron chi connectivity index (χ3n) is 7.74. The summed E-state index contributed by atoms with van der Waals surface area (Å²) in [5, 5.41) is 15.8. The third kappa shape index (κ3) is 5.93. The normalized spacial score (nSPS) is 21.1. The summed E-state index contributed by atoms with van der Waals surface area (Å²) in [6.07, 6.45) is 5.45. The lowest BCUT2D eigenvalue weighted by Gasteiger charge is -2.51. The Bertz CT molecular complexity index is 1400. The second kappa shape index (κ2) is 12.0. The SMILES string of the molecule is C.COC(=O)C12CCC(CNC(=O)c3cc(C(=O)O)nc4c(F)cnn34)(CC1)CC2.NCc1ccc(F)c(F)c1. The Morgan fingerprint density at radius 3 is 2.25 bits per heavy atom. The van der Waals surface area contributed by atoms with E-state index in [2.05, 4.69) is 15.4 Å². The van der Waals surface area contributed by atoms with Gasteiger partial charge in [-0.3, -0.25) is 9.59 Å². The summed E-state index contributed by atoms with van der Waals surface area (Å²) in [7, 11) is 1.41. The van der Waals surface area contributed by atoms with Crippen LogP contribution in [0, 0.1) is 28.3 Å². The predicted molar refractivity (Wildman–Crippen MR) is 138 cm³/mol. The molecule has 2 aromatic heterocycles. The molecule has 0 saturated heterocycles. The highest BCUT2D eigenvalue weighted by Crippen LogP contribution is 2.57. The number of halogens is 3. The number of fused-ring (bicyclic) bond motifs is 4. The van der Waals surface area contributed by atoms with Crippen LogP contribution in [0.4, 0.5) is 13.2 Å². The van der Waals surface area contributed by atoms with Gasteiger partial charge in [-0.2, -0.15) is 5.10 Å². The molecule has 216 valence electrons. The van der Waals surface area contributed by atoms with Crippen LogP contribution in [0.15, 0.2) is 30.5 Å². The van der Waals surface area contributed by atoms with Crippen LogP contribution < -0.4 is 11.1 Å². The number of nitrogens with one attached hydrogen (secondary N) is 1. The first-order valence-electron chi connectivity index (χ1n) is 12.3. The fourth-order valence-corrected chi connectivity index (χ4v) is 5.28. The maximum absolute atomic E-state index is 13.9. The number of nitrogens with zero attached hydrogens (tertiary/aromatic N) is 3. The van der Waals surface area contributed by atoms with Crippen LogP contribution in [0.2, 0.25) is 0 Å². The molecule has 0 atom stereocenters. The van der Waals surface area contributed by atoms with Crippen molar-refractivity contribution in [2.24, 2.45) is 16.6 Å². The summed E-state index contributed by atoms with van der Waals surface area (Å²) < 4.78 is 44.4. The Hall–Kier alpha value is -4.00. The standard InChI is InChI=1S/C19H21FN4O5.C7H7F2N.CH4/c1-29-17(28)19-5-2-18(3-6-19,4-7-19)10-21-15(25)13-8-12(16(26)27)23-14-11(20)9-22-24(13)14;8-6-2-1-5(4-10)3-7(6)9;/h8-9H,2-7,10H2,1H3,(H,21,25)(H,26,27);1-3H,4,10H2;1H4. The van der Waals surface area contributed by atoms with Crippen LogP contribution in [-0.4, -0.2) is 51.2 Å². The van der Waals surface area contributed by atoms with Gasteiger partial charge in [0.25, 0.3) is 5.91 Å². The number of nitrogens with two attached hydrogens (primary N) is 1. The van der Waals surface area contributed by atoms with Crippen molar-refractivity contribution in [1.29, 1.82) is 0 Å². The van der Waals surface area contributed by atoms with Gasteiger partial charge < -0.3 is 20.9 Å². The largest absolute Gasteiger partial charge is 0.477 e. The van der Waals surface area contributed by atoms with Gasteiger partial charge in [0.2, 0.25) is 0 Å². The Morgan fingerprint density at radius 2 is 1.70 bits per heavy atom. The van der Waals surface area contributed by atoms with Crippen LogP contribution in [-0.2, 0) is 16.1 Å². The summed E-state index contributed by atoms with van der Waals surface area (Å²) in [6, 6.07) is 4.70. The van der Waals surface area contributed by atoms with Gasteiger partial charge in [-0.15, -0.1) is 0 Å². The molecule has 2 bridgehead atoms. The number of carboxylic acids is 1. The van der Waals surface area contributed by atoms with Crippen molar-refractivity contribution in [3.05, 3.63) is 64.9 Å². The summed E-state index contributed by atoms with van der Waals surface area (Å²) in [4.78, 5) is 39.9. The smallest absolute Gasteiger partial charge is 0.354 e. The van der Waals surface area contributed by atoms with Gasteiger partial charge in [0.15, 0.2) is 28.8 Å². The van der Waals surface area contributed by atoms with E-state index in [4.69, 9.17) is 10.5 Å². The minimum Gasteiger partial charge on any atom is -0.477 e. The zero-order valence-electron chi connectivity index (χ0n) is 21.2.